The molecule has 0 amide bonds. The van der Waals surface area contributed by atoms with Gasteiger partial charge in [-0.2, -0.15) is 0 Å². The molecule has 0 aromatic rings. The van der Waals surface area contributed by atoms with Gasteiger partial charge in [0.2, 0.25) is 0 Å². The van der Waals surface area contributed by atoms with Gasteiger partial charge in [-0.3, -0.25) is 4.90 Å². The molecule has 18 heavy (non-hydrogen) atoms. The van der Waals surface area contributed by atoms with Crippen LogP contribution < -0.4 is 5.32 Å². The molecule has 2 aliphatic heterocycles. The number of hydrogen-bond donors (Lipinski definition) is 1. The van der Waals surface area contributed by atoms with E-state index in [1.807, 2.05) is 0 Å². The molecular formula is C14H29N3O. The number of piperidine rings is 1. The highest BCUT2D eigenvalue weighted by molar-refractivity contribution is 4.84. The second-order valence-electron chi connectivity index (χ2n) is 5.84. The lowest BCUT2D eigenvalue weighted by Gasteiger charge is -2.39. The molecule has 0 aliphatic carbocycles. The third kappa shape index (κ3) is 4.19. The van der Waals surface area contributed by atoms with Crippen molar-refractivity contribution in [3.63, 3.8) is 0 Å². The van der Waals surface area contributed by atoms with Gasteiger partial charge in [0.1, 0.15) is 0 Å². The fourth-order valence-electron chi connectivity index (χ4n) is 3.26. The molecule has 0 aromatic carbocycles. The smallest absolute Gasteiger partial charge is 0.0589 e. The van der Waals surface area contributed by atoms with Gasteiger partial charge in [-0.15, -0.1) is 0 Å². The molecule has 0 saturated carbocycles. The summed E-state index contributed by atoms with van der Waals surface area (Å²) in [6.07, 6.45) is 5.36. The Hall–Kier alpha value is -0.160. The summed E-state index contributed by atoms with van der Waals surface area (Å²) in [6.45, 7) is 6.81. The van der Waals surface area contributed by atoms with Crippen molar-refractivity contribution in [3.8, 4) is 0 Å². The highest BCUT2D eigenvalue weighted by atomic mass is 16.5. The minimum Gasteiger partial charge on any atom is -0.383 e. The number of ether oxygens (including phenoxy) is 1. The maximum atomic E-state index is 5.28. The molecule has 0 aromatic heterocycles. The second-order valence-corrected chi connectivity index (χ2v) is 5.84. The lowest BCUT2D eigenvalue weighted by atomic mass is 10.0. The zero-order valence-corrected chi connectivity index (χ0v) is 12.0. The number of nitrogens with zero attached hydrogens (tertiary/aromatic N) is 2. The van der Waals surface area contributed by atoms with E-state index in [1.54, 1.807) is 7.11 Å². The normalized spacial score (nSPS) is 30.2. The average Bonchev–Trinajstić information content (AvgIpc) is 2.87. The highest BCUT2D eigenvalue weighted by Gasteiger charge is 2.26. The number of likely N-dealkylation sites (tertiary alicyclic amines) is 1. The van der Waals surface area contributed by atoms with Crippen LogP contribution in [0.3, 0.4) is 0 Å². The summed E-state index contributed by atoms with van der Waals surface area (Å²) in [7, 11) is 4.05. The third-order valence-corrected chi connectivity index (χ3v) is 4.32. The van der Waals surface area contributed by atoms with E-state index in [9.17, 15) is 0 Å². The Morgan fingerprint density at radius 2 is 2.22 bits per heavy atom. The number of hydrogen-bond acceptors (Lipinski definition) is 4. The molecule has 2 rings (SSSR count). The summed E-state index contributed by atoms with van der Waals surface area (Å²) >= 11 is 0. The Morgan fingerprint density at radius 3 is 2.89 bits per heavy atom. The molecular weight excluding hydrogens is 226 g/mol. The summed E-state index contributed by atoms with van der Waals surface area (Å²) in [6, 6.07) is 1.43. The van der Waals surface area contributed by atoms with Gasteiger partial charge < -0.3 is 15.0 Å². The average molecular weight is 255 g/mol. The van der Waals surface area contributed by atoms with Crippen LogP contribution in [0.1, 0.15) is 25.7 Å². The van der Waals surface area contributed by atoms with E-state index in [0.717, 1.165) is 19.2 Å². The van der Waals surface area contributed by atoms with Crippen molar-refractivity contribution in [1.29, 1.82) is 0 Å². The predicted molar refractivity (Wildman–Crippen MR) is 75.0 cm³/mol. The molecule has 1 N–H and O–H groups in total. The summed E-state index contributed by atoms with van der Waals surface area (Å²) < 4.78 is 5.28. The third-order valence-electron chi connectivity index (χ3n) is 4.32. The van der Waals surface area contributed by atoms with Crippen LogP contribution in [-0.4, -0.2) is 75.4 Å². The molecule has 2 saturated heterocycles. The molecule has 0 radical (unpaired) electrons. The summed E-state index contributed by atoms with van der Waals surface area (Å²) in [5.74, 6) is 0. The van der Waals surface area contributed by atoms with E-state index in [0.29, 0.717) is 6.04 Å². The zero-order valence-electron chi connectivity index (χ0n) is 12.0. The van der Waals surface area contributed by atoms with Crippen LogP contribution in [0.5, 0.6) is 0 Å². The first-order chi connectivity index (χ1) is 8.79. The van der Waals surface area contributed by atoms with Gasteiger partial charge in [-0.05, 0) is 45.8 Å². The van der Waals surface area contributed by atoms with E-state index in [2.05, 4.69) is 22.2 Å². The van der Waals surface area contributed by atoms with Crippen molar-refractivity contribution in [2.24, 2.45) is 0 Å². The van der Waals surface area contributed by atoms with Gasteiger partial charge in [-0.1, -0.05) is 0 Å². The highest BCUT2D eigenvalue weighted by Crippen LogP contribution is 2.17. The van der Waals surface area contributed by atoms with Crippen LogP contribution in [0.4, 0.5) is 0 Å². The van der Waals surface area contributed by atoms with Gasteiger partial charge in [0.15, 0.2) is 0 Å². The molecule has 2 atom stereocenters. The number of methoxy groups -OCH3 is 1. The van der Waals surface area contributed by atoms with Gasteiger partial charge >= 0.3 is 0 Å². The van der Waals surface area contributed by atoms with Crippen molar-refractivity contribution in [2.75, 3.05) is 53.5 Å². The van der Waals surface area contributed by atoms with Crippen molar-refractivity contribution < 1.29 is 4.74 Å². The number of rotatable bonds is 6. The lowest BCUT2D eigenvalue weighted by Crippen LogP contribution is -2.51. The first-order valence-electron chi connectivity index (χ1n) is 7.44. The second kappa shape index (κ2) is 7.43. The minimum absolute atomic E-state index is 0.703. The van der Waals surface area contributed by atoms with Gasteiger partial charge in [0.25, 0.3) is 0 Å². The van der Waals surface area contributed by atoms with Crippen LogP contribution in [0, 0.1) is 0 Å². The molecule has 0 spiro atoms. The van der Waals surface area contributed by atoms with Crippen LogP contribution in [0.2, 0.25) is 0 Å². The maximum Gasteiger partial charge on any atom is 0.0589 e. The fourth-order valence-corrected chi connectivity index (χ4v) is 3.26. The van der Waals surface area contributed by atoms with Crippen molar-refractivity contribution >= 4 is 0 Å². The van der Waals surface area contributed by atoms with Crippen LogP contribution in [-0.2, 0) is 4.74 Å². The van der Waals surface area contributed by atoms with Crippen molar-refractivity contribution in [3.05, 3.63) is 0 Å². The van der Waals surface area contributed by atoms with E-state index in [1.165, 1.54) is 51.9 Å². The summed E-state index contributed by atoms with van der Waals surface area (Å²) in [5, 5.41) is 3.62. The summed E-state index contributed by atoms with van der Waals surface area (Å²) in [5.41, 5.74) is 0. The lowest BCUT2D eigenvalue weighted by molar-refractivity contribution is 0.0740. The Labute approximate surface area is 112 Å². The van der Waals surface area contributed by atoms with E-state index >= 15 is 0 Å². The minimum atomic E-state index is 0.703. The fraction of sp³-hybridized carbons (Fsp3) is 1.00. The molecule has 2 heterocycles. The Kier molecular flexibility index (Phi) is 5.89. The number of nitrogens with one attached hydrogen (secondary N) is 1. The van der Waals surface area contributed by atoms with Crippen LogP contribution >= 0.6 is 0 Å². The predicted octanol–water partition coefficient (Wildman–Crippen LogP) is 0.781. The topological polar surface area (TPSA) is 27.7 Å². The first-order valence-corrected chi connectivity index (χ1v) is 7.44. The summed E-state index contributed by atoms with van der Waals surface area (Å²) in [4.78, 5) is 5.12. The Morgan fingerprint density at radius 1 is 1.33 bits per heavy atom. The van der Waals surface area contributed by atoms with Gasteiger partial charge in [0.05, 0.1) is 6.61 Å². The molecule has 4 nitrogen and oxygen atoms in total. The van der Waals surface area contributed by atoms with Crippen molar-refractivity contribution in [1.82, 2.24) is 15.1 Å². The van der Waals surface area contributed by atoms with E-state index < -0.39 is 0 Å². The van der Waals surface area contributed by atoms with Gasteiger partial charge in [0, 0.05) is 38.8 Å². The Bertz CT molecular complexity index is 231. The zero-order chi connectivity index (χ0) is 12.8. The van der Waals surface area contributed by atoms with Crippen molar-refractivity contribution in [2.45, 2.75) is 37.8 Å². The molecule has 4 heteroatoms. The molecule has 2 aliphatic rings. The molecule has 2 fully saturated rings. The van der Waals surface area contributed by atoms with Crippen LogP contribution in [0.15, 0.2) is 0 Å². The standard InChI is InChI=1S/C14H29N3O/c1-16-8-4-6-14(12-16)17(9-10-18-2)11-13-5-3-7-15-13/h13-15H,3-12H2,1-2H3. The van der Waals surface area contributed by atoms with E-state index in [-0.39, 0.29) is 0 Å². The van der Waals surface area contributed by atoms with E-state index in [4.69, 9.17) is 4.74 Å². The monoisotopic (exact) mass is 255 g/mol. The first kappa shape index (κ1) is 14.3. The number of likely N-dealkylation sites (N-methyl/N-ethyl adjacent to an activating group) is 1. The van der Waals surface area contributed by atoms with Gasteiger partial charge in [-0.25, -0.2) is 0 Å². The maximum absolute atomic E-state index is 5.28. The quantitative estimate of drug-likeness (QED) is 0.759. The van der Waals surface area contributed by atoms with Crippen LogP contribution in [0.25, 0.3) is 0 Å². The molecule has 106 valence electrons. The Balaban J connectivity index is 1.85. The largest absolute Gasteiger partial charge is 0.383 e. The SMILES string of the molecule is COCCN(CC1CCCN1)C1CCCN(C)C1. The molecule has 0 bridgehead atoms. The molecule has 2 unspecified atom stereocenters.